The molecule has 1 N–H and O–H groups in total. The molecule has 0 aliphatic heterocycles. The molecule has 0 spiro atoms. The first-order valence-electron chi connectivity index (χ1n) is 15.8. The number of aryl methyl sites for hydroxylation is 2. The summed E-state index contributed by atoms with van der Waals surface area (Å²) in [4.78, 5) is 45.4. The van der Waals surface area contributed by atoms with Gasteiger partial charge in [-0.25, -0.2) is 9.78 Å². The summed E-state index contributed by atoms with van der Waals surface area (Å²) in [6, 6.07) is 23.3. The highest BCUT2D eigenvalue weighted by atomic mass is 16.5. The van der Waals surface area contributed by atoms with Crippen molar-refractivity contribution in [2.75, 3.05) is 0 Å². The van der Waals surface area contributed by atoms with Crippen LogP contribution in [0, 0.1) is 12.3 Å². The van der Waals surface area contributed by atoms with Gasteiger partial charge in [0.1, 0.15) is 23.5 Å². The molecule has 1 fully saturated rings. The number of nitrogens with one attached hydrogen (secondary N) is 1. The minimum atomic E-state index is -0.605. The van der Waals surface area contributed by atoms with E-state index >= 15 is 0 Å². The zero-order chi connectivity index (χ0) is 32.4. The summed E-state index contributed by atoms with van der Waals surface area (Å²) in [6.45, 7) is 7.91. The van der Waals surface area contributed by atoms with Crippen LogP contribution in [-0.4, -0.2) is 31.6 Å². The molecule has 1 saturated carbocycles. The lowest BCUT2D eigenvalue weighted by molar-refractivity contribution is -0.131. The van der Waals surface area contributed by atoms with Gasteiger partial charge < -0.3 is 4.74 Å². The third-order valence-electron chi connectivity index (χ3n) is 8.77. The molecule has 1 atom stereocenters. The summed E-state index contributed by atoms with van der Waals surface area (Å²) < 4.78 is 12.6. The van der Waals surface area contributed by atoms with E-state index in [4.69, 9.17) is 14.2 Å². The third-order valence-corrected chi connectivity index (χ3v) is 8.77. The standard InChI is InChI=1S/C37H38N4O5/c1-5-8-32-31(21-24-11-13-25(14-12-24)29-9-6-7-10-30(29)34-39-36(44)46-40-34)35(43)41(23(2)38-32)26-15-17-27(18-16-26)45-28-19-20-33(42)37(3,4)22-28/h6-7,9-18,28H,5,8,19-22H2,1-4H3,(H,39,40,44). The van der Waals surface area contributed by atoms with Gasteiger partial charge in [-0.2, -0.15) is 0 Å². The van der Waals surface area contributed by atoms with Crippen LogP contribution in [-0.2, 0) is 17.6 Å². The minimum absolute atomic E-state index is 0.0178. The number of aromatic amines is 1. The van der Waals surface area contributed by atoms with E-state index in [1.807, 2.05) is 93.6 Å². The molecule has 6 rings (SSSR count). The number of aromatic nitrogens is 4. The molecule has 46 heavy (non-hydrogen) atoms. The highest BCUT2D eigenvalue weighted by molar-refractivity contribution is 5.85. The molecule has 0 radical (unpaired) electrons. The van der Waals surface area contributed by atoms with Crippen LogP contribution in [0.5, 0.6) is 5.75 Å². The van der Waals surface area contributed by atoms with Crippen LogP contribution in [0.1, 0.15) is 69.1 Å². The average Bonchev–Trinajstić information content (AvgIpc) is 3.48. The van der Waals surface area contributed by atoms with E-state index < -0.39 is 5.76 Å². The molecule has 0 amide bonds. The Labute approximate surface area is 267 Å². The largest absolute Gasteiger partial charge is 0.490 e. The average molecular weight is 619 g/mol. The van der Waals surface area contributed by atoms with E-state index in [0.29, 0.717) is 49.3 Å². The molecule has 2 aromatic heterocycles. The predicted molar refractivity (Wildman–Crippen MR) is 176 cm³/mol. The Kier molecular flexibility index (Phi) is 8.58. The molecular formula is C37H38N4O5. The van der Waals surface area contributed by atoms with Gasteiger partial charge in [-0.1, -0.05) is 80.9 Å². The maximum atomic E-state index is 14.1. The Balaban J connectivity index is 1.26. The number of benzene rings is 3. The number of Topliss-reactive ketones (excluding diaryl/α,β-unsaturated/α-hetero) is 1. The number of nitrogens with zero attached hydrogens (tertiary/aromatic N) is 3. The second-order valence-corrected chi connectivity index (χ2v) is 12.6. The van der Waals surface area contributed by atoms with Crippen molar-refractivity contribution in [1.82, 2.24) is 19.7 Å². The number of ether oxygens (including phenoxy) is 1. The van der Waals surface area contributed by atoms with Gasteiger partial charge in [0.25, 0.3) is 5.56 Å². The van der Waals surface area contributed by atoms with Crippen LogP contribution < -0.4 is 16.1 Å². The molecule has 2 heterocycles. The smallest absolute Gasteiger partial charge is 0.439 e. The van der Waals surface area contributed by atoms with Crippen molar-refractivity contribution in [1.29, 1.82) is 0 Å². The molecule has 5 aromatic rings. The van der Waals surface area contributed by atoms with Gasteiger partial charge in [-0.05, 0) is 67.1 Å². The van der Waals surface area contributed by atoms with Gasteiger partial charge in [0.05, 0.1) is 11.4 Å². The van der Waals surface area contributed by atoms with Crippen molar-refractivity contribution in [3.8, 4) is 34.0 Å². The minimum Gasteiger partial charge on any atom is -0.490 e. The van der Waals surface area contributed by atoms with E-state index in [1.54, 1.807) is 4.57 Å². The second-order valence-electron chi connectivity index (χ2n) is 12.6. The summed E-state index contributed by atoms with van der Waals surface area (Å²) in [7, 11) is 0. The van der Waals surface area contributed by atoms with Crippen molar-refractivity contribution in [3.05, 3.63) is 116 Å². The highest BCUT2D eigenvalue weighted by Crippen LogP contribution is 2.35. The van der Waals surface area contributed by atoms with E-state index in [-0.39, 0.29) is 22.9 Å². The molecule has 1 unspecified atom stereocenters. The number of hydrogen-bond donors (Lipinski definition) is 1. The summed E-state index contributed by atoms with van der Waals surface area (Å²) in [6.07, 6.45) is 3.94. The molecule has 9 heteroatoms. The molecule has 236 valence electrons. The van der Waals surface area contributed by atoms with Crippen LogP contribution in [0.2, 0.25) is 0 Å². The van der Waals surface area contributed by atoms with Gasteiger partial charge in [0.2, 0.25) is 0 Å². The fraction of sp³-hybridized carbons (Fsp3) is 0.324. The van der Waals surface area contributed by atoms with Crippen LogP contribution >= 0.6 is 0 Å². The number of H-pyrrole nitrogens is 1. The zero-order valence-electron chi connectivity index (χ0n) is 26.6. The van der Waals surface area contributed by atoms with Crippen LogP contribution in [0.25, 0.3) is 28.2 Å². The molecular weight excluding hydrogens is 580 g/mol. The van der Waals surface area contributed by atoms with Crippen molar-refractivity contribution in [2.45, 2.75) is 72.3 Å². The van der Waals surface area contributed by atoms with Crippen molar-refractivity contribution in [2.24, 2.45) is 5.41 Å². The van der Waals surface area contributed by atoms with Gasteiger partial charge in [0.15, 0.2) is 5.82 Å². The number of rotatable bonds is 9. The summed E-state index contributed by atoms with van der Waals surface area (Å²) in [5, 5.41) is 3.86. The lowest BCUT2D eigenvalue weighted by Gasteiger charge is -2.33. The fourth-order valence-corrected chi connectivity index (χ4v) is 6.32. The van der Waals surface area contributed by atoms with E-state index in [9.17, 15) is 14.4 Å². The van der Waals surface area contributed by atoms with Crippen LogP contribution in [0.3, 0.4) is 0 Å². The lowest BCUT2D eigenvalue weighted by Crippen LogP contribution is -2.37. The zero-order valence-corrected chi connectivity index (χ0v) is 26.6. The van der Waals surface area contributed by atoms with E-state index in [1.165, 1.54) is 0 Å². The number of ketones is 1. The second kappa shape index (κ2) is 12.7. The van der Waals surface area contributed by atoms with E-state index in [0.717, 1.165) is 45.8 Å². The van der Waals surface area contributed by atoms with Crippen molar-refractivity contribution >= 4 is 5.78 Å². The summed E-state index contributed by atoms with van der Waals surface area (Å²) in [5.74, 6) is 1.41. The fourth-order valence-electron chi connectivity index (χ4n) is 6.32. The normalized spacial score (nSPS) is 16.0. The topological polar surface area (TPSA) is 120 Å². The Bertz CT molecular complexity index is 1980. The quantitative estimate of drug-likeness (QED) is 0.197. The lowest BCUT2D eigenvalue weighted by atomic mass is 9.75. The van der Waals surface area contributed by atoms with Gasteiger partial charge >= 0.3 is 5.76 Å². The molecule has 0 bridgehead atoms. The molecule has 0 saturated heterocycles. The summed E-state index contributed by atoms with van der Waals surface area (Å²) >= 11 is 0. The van der Waals surface area contributed by atoms with Crippen LogP contribution in [0.15, 0.2) is 86.9 Å². The molecule has 1 aliphatic rings. The Morgan fingerprint density at radius 2 is 1.70 bits per heavy atom. The molecule has 9 nitrogen and oxygen atoms in total. The predicted octanol–water partition coefficient (Wildman–Crippen LogP) is 6.62. The Hall–Kier alpha value is -5.05. The molecule has 1 aliphatic carbocycles. The first-order chi connectivity index (χ1) is 22.1. The first kappa shape index (κ1) is 31.0. The van der Waals surface area contributed by atoms with Crippen LogP contribution in [0.4, 0.5) is 0 Å². The van der Waals surface area contributed by atoms with Crippen molar-refractivity contribution < 1.29 is 14.1 Å². The highest BCUT2D eigenvalue weighted by Gasteiger charge is 2.36. The Morgan fingerprint density at radius 1 is 0.978 bits per heavy atom. The number of carbonyl (C=O) groups is 1. The number of carbonyl (C=O) groups excluding carboxylic acids is 1. The van der Waals surface area contributed by atoms with Gasteiger partial charge in [-0.3, -0.25) is 23.7 Å². The SMILES string of the molecule is CCCc1nc(C)n(-c2ccc(OC3CCC(=O)C(C)(C)C3)cc2)c(=O)c1Cc1ccc(-c2ccccc2-c2noc(=O)[nH]2)cc1. The Morgan fingerprint density at radius 3 is 2.35 bits per heavy atom. The third kappa shape index (κ3) is 6.36. The first-order valence-corrected chi connectivity index (χ1v) is 15.8. The monoisotopic (exact) mass is 618 g/mol. The van der Waals surface area contributed by atoms with Gasteiger partial charge in [0, 0.05) is 29.4 Å². The maximum absolute atomic E-state index is 14.1. The number of hydrogen-bond acceptors (Lipinski definition) is 7. The summed E-state index contributed by atoms with van der Waals surface area (Å²) in [5.41, 5.74) is 5.35. The molecule has 3 aromatic carbocycles. The maximum Gasteiger partial charge on any atom is 0.439 e. The van der Waals surface area contributed by atoms with Gasteiger partial charge in [-0.15, -0.1) is 0 Å². The van der Waals surface area contributed by atoms with E-state index in [2.05, 4.69) is 17.1 Å². The van der Waals surface area contributed by atoms with Crippen molar-refractivity contribution in [3.63, 3.8) is 0 Å².